The number of alkyl halides is 2. The van der Waals surface area contributed by atoms with Gasteiger partial charge in [0, 0.05) is 110 Å². The van der Waals surface area contributed by atoms with E-state index in [2.05, 4.69) is 160 Å². The van der Waals surface area contributed by atoms with Crippen LogP contribution in [0.5, 0.6) is 0 Å². The second kappa shape index (κ2) is 39.8. The van der Waals surface area contributed by atoms with Crippen molar-refractivity contribution in [3.63, 3.8) is 0 Å². The van der Waals surface area contributed by atoms with Crippen molar-refractivity contribution in [2.24, 2.45) is 0 Å². The van der Waals surface area contributed by atoms with Gasteiger partial charge < -0.3 is 0 Å². The average molecular weight is 1860 g/mol. The minimum absolute atomic E-state index is 0.00163. The first-order valence-corrected chi connectivity index (χ1v) is 44.1. The molecule has 0 radical (unpaired) electrons. The minimum atomic E-state index is -0.456. The number of rotatable bonds is 22. The molecule has 3 atom stereocenters. The van der Waals surface area contributed by atoms with E-state index in [9.17, 15) is 30.3 Å². The zero-order chi connectivity index (χ0) is 91.2. The van der Waals surface area contributed by atoms with Gasteiger partial charge in [0.15, 0.2) is 68.8 Å². The summed E-state index contributed by atoms with van der Waals surface area (Å²) in [7, 11) is 0. The highest BCUT2D eigenvalue weighted by Gasteiger charge is 2.31. The Labute approximate surface area is 756 Å². The van der Waals surface area contributed by atoms with Crippen molar-refractivity contribution >= 4 is 144 Å². The standard InChI is InChI=1S/C21H37ClN4.2C14H14ClN5O2.C12H18Cl2N4.C11H16Cl2N4.C11H8ClN5O2/c1-5-6-7-8-9-10-11-12-13-14-15-16-17-23-20-18(22)19(21(2,3)4)25-26(20)24-17;1-14(2,3)11-10(15)13-16-12(18-19(13)17-11)8-4-6-9(7-5-8)20(21)22;1-14(2,3)11-10(15)13-16-12(18-19(13)17-11)8-5-4-6-9(7-8)20(21)22;1-6(7(2)13)10-15-11-8(14)9(12(3,4)5)16-18(11)17-10;1-6(5-12)9-14-10-7(13)8(11(2,3)4)15-17(10)16-9;1-6-9(12)11-13-10(15-16(11)14-6)7-3-2-4-8(5-7)17(18)19/h25H,5-16H2,1-4H3;2*4-7,17H,1-3H3;6-7,16H,1-5H3;6,15H,5H2,1-4H3;2-5,14H,1H3. The summed E-state index contributed by atoms with van der Waals surface area (Å²) in [4.78, 5) is 57.5. The molecule has 0 spiro atoms. The number of fused-ring (bicyclic) bond motifs is 6. The fourth-order valence-electron chi connectivity index (χ4n) is 12.8. The average Bonchev–Trinajstić information content (AvgIpc) is 1.63. The molecule has 15 aromatic rings. The van der Waals surface area contributed by atoms with E-state index in [4.69, 9.17) is 92.8 Å². The van der Waals surface area contributed by atoms with Crippen LogP contribution in [0.3, 0.4) is 0 Å². The van der Waals surface area contributed by atoms with Gasteiger partial charge in [-0.15, -0.1) is 53.8 Å². The largest absolute Gasteiger partial charge is 0.279 e. The lowest BCUT2D eigenvalue weighted by Crippen LogP contribution is -2.13. The van der Waals surface area contributed by atoms with Crippen LogP contribution in [0.4, 0.5) is 17.1 Å². The first-order valence-electron chi connectivity index (χ1n) is 40.9. The van der Waals surface area contributed by atoms with Gasteiger partial charge in [0.1, 0.15) is 30.1 Å². The number of benzene rings is 3. The van der Waals surface area contributed by atoms with E-state index in [-0.39, 0.29) is 61.4 Å². The van der Waals surface area contributed by atoms with Gasteiger partial charge in [-0.05, 0) is 32.4 Å². The van der Waals surface area contributed by atoms with Crippen LogP contribution in [-0.2, 0) is 33.5 Å². The predicted octanol–water partition coefficient (Wildman–Crippen LogP) is 23.7. The second-order valence-corrected chi connectivity index (χ2v) is 39.0. The summed E-state index contributed by atoms with van der Waals surface area (Å²) in [6, 6.07) is 18.4. The molecule has 0 bridgehead atoms. The number of hydrogen-bond donors (Lipinski definition) is 6. The van der Waals surface area contributed by atoms with Gasteiger partial charge in [0.25, 0.3) is 17.1 Å². The molecule has 124 heavy (non-hydrogen) atoms. The molecular formula is C83H107Cl8N27O6. The molecule has 41 heteroatoms. The normalized spacial score (nSPS) is 12.9. The van der Waals surface area contributed by atoms with Crippen LogP contribution in [0, 0.1) is 37.3 Å². The quantitative estimate of drug-likeness (QED) is 0.0159. The number of nitrogens with zero attached hydrogens (tertiary/aromatic N) is 21. The highest BCUT2D eigenvalue weighted by atomic mass is 35.5. The van der Waals surface area contributed by atoms with Crippen molar-refractivity contribution in [3.8, 4) is 34.2 Å². The highest BCUT2D eigenvalue weighted by molar-refractivity contribution is 6.36. The van der Waals surface area contributed by atoms with E-state index in [0.29, 0.717) is 110 Å². The Morgan fingerprint density at radius 1 is 0.379 bits per heavy atom. The Balaban J connectivity index is 0.000000156. The first kappa shape index (κ1) is 96.5. The van der Waals surface area contributed by atoms with E-state index in [1.165, 1.54) is 114 Å². The predicted molar refractivity (Wildman–Crippen MR) is 492 cm³/mol. The third-order valence-corrected chi connectivity index (χ3v) is 23.3. The molecule has 0 fully saturated rings. The number of nitro groups is 3. The monoisotopic (exact) mass is 1860 g/mol. The van der Waals surface area contributed by atoms with Crippen molar-refractivity contribution in [3.05, 3.63) is 185 Å². The molecule has 3 unspecified atom stereocenters. The Morgan fingerprint density at radius 2 is 0.694 bits per heavy atom. The Hall–Kier alpha value is -9.74. The number of aromatic nitrogens is 24. The van der Waals surface area contributed by atoms with E-state index < -0.39 is 14.8 Å². The molecule has 15 rings (SSSR count). The lowest BCUT2D eigenvalue weighted by molar-refractivity contribution is -0.385. The second-order valence-electron chi connectivity index (χ2n) is 35.7. The SMILES string of the molecule is CC(C)(C)c1[nH]n2nc(-c3ccc([N+](=O)[O-])cc3)nc2c1Cl.CC(C)(C)c1[nH]n2nc(-c3cccc([N+](=O)[O-])c3)nc2c1Cl.CC(CCl)c1nc2c(Cl)c(C(C)(C)C)[nH]n2n1.CC(Cl)C(C)c1nc2c(Cl)c(C(C)(C)C)[nH]n2n1.CCCCCCCCCCCCCc1nc2c(Cl)c(C(C)(C)C)[nH]n2n1.Cc1[nH]n2nc(-c3cccc([N+](=O)[O-])c3)nc2c1Cl. The molecule has 0 saturated heterocycles. The zero-order valence-electron chi connectivity index (χ0n) is 73.2. The number of nitrogens with one attached hydrogen (secondary N) is 6. The van der Waals surface area contributed by atoms with Crippen molar-refractivity contribution in [2.75, 3.05) is 5.88 Å². The van der Waals surface area contributed by atoms with Gasteiger partial charge in [-0.25, -0.2) is 29.9 Å². The Morgan fingerprint density at radius 3 is 1.02 bits per heavy atom. The van der Waals surface area contributed by atoms with Crippen LogP contribution in [-0.4, -0.2) is 145 Å². The fraction of sp³-hybridized carbons (Fsp3) is 0.494. The lowest BCUT2D eigenvalue weighted by atomic mass is 9.92. The molecule has 0 aliphatic heterocycles. The summed E-state index contributed by atoms with van der Waals surface area (Å²) in [6.07, 6.45) is 15.9. The fourth-order valence-corrected chi connectivity index (χ4v) is 15.5. The molecule has 666 valence electrons. The number of nitro benzene ring substituents is 3. The molecule has 12 aromatic heterocycles. The van der Waals surface area contributed by atoms with Crippen LogP contribution in [0.15, 0.2) is 72.8 Å². The third-order valence-electron chi connectivity index (χ3n) is 20.2. The van der Waals surface area contributed by atoms with Crippen molar-refractivity contribution in [1.82, 2.24) is 119 Å². The summed E-state index contributed by atoms with van der Waals surface area (Å²) in [5, 5.41) is 80.8. The van der Waals surface area contributed by atoms with Gasteiger partial charge in [-0.2, -0.15) is 27.8 Å². The topological polar surface area (TPSA) is 405 Å². The number of aromatic amines is 6. The third kappa shape index (κ3) is 23.1. The van der Waals surface area contributed by atoms with Crippen LogP contribution >= 0.6 is 92.8 Å². The van der Waals surface area contributed by atoms with Gasteiger partial charge in [0.2, 0.25) is 0 Å². The van der Waals surface area contributed by atoms with Crippen LogP contribution in [0.2, 0.25) is 30.1 Å². The van der Waals surface area contributed by atoms with Gasteiger partial charge in [0.05, 0.1) is 48.9 Å². The number of halogens is 8. The maximum absolute atomic E-state index is 10.8. The molecule has 0 amide bonds. The molecule has 0 aliphatic carbocycles. The van der Waals surface area contributed by atoms with Crippen LogP contribution < -0.4 is 0 Å². The Bertz CT molecular complexity index is 6190. The molecular weight excluding hydrogens is 1750 g/mol. The maximum atomic E-state index is 10.8. The minimum Gasteiger partial charge on any atom is -0.279 e. The highest BCUT2D eigenvalue weighted by Crippen LogP contribution is 2.38. The van der Waals surface area contributed by atoms with E-state index in [0.717, 1.165) is 58.5 Å². The van der Waals surface area contributed by atoms with E-state index in [1.807, 2.05) is 69.2 Å². The summed E-state index contributed by atoms with van der Waals surface area (Å²) in [5.41, 5.74) is 10.4. The summed E-state index contributed by atoms with van der Waals surface area (Å²) < 4.78 is 9.47. The summed E-state index contributed by atoms with van der Waals surface area (Å²) >= 11 is 49.8. The molecule has 0 saturated carbocycles. The molecule has 3 aromatic carbocycles. The summed E-state index contributed by atoms with van der Waals surface area (Å²) in [5.74, 6) is 4.27. The van der Waals surface area contributed by atoms with Crippen LogP contribution in [0.1, 0.15) is 266 Å². The van der Waals surface area contributed by atoms with Gasteiger partial charge in [-0.3, -0.25) is 60.9 Å². The maximum Gasteiger partial charge on any atom is 0.270 e. The summed E-state index contributed by atoms with van der Waals surface area (Å²) in [6.45, 7) is 41.2. The zero-order valence-corrected chi connectivity index (χ0v) is 79.3. The smallest absolute Gasteiger partial charge is 0.270 e. The van der Waals surface area contributed by atoms with Gasteiger partial charge in [-0.1, -0.05) is 283 Å². The number of non-ortho nitro benzene ring substituents is 3. The van der Waals surface area contributed by atoms with E-state index >= 15 is 0 Å². The first-order chi connectivity index (χ1) is 58.1. The number of hydrogen-bond acceptors (Lipinski definition) is 18. The number of unbranched alkanes of at least 4 members (excludes halogenated alkanes) is 10. The van der Waals surface area contributed by atoms with Crippen molar-refractivity contribution in [1.29, 1.82) is 0 Å². The van der Waals surface area contributed by atoms with Crippen molar-refractivity contribution < 1.29 is 14.8 Å². The van der Waals surface area contributed by atoms with Crippen LogP contribution in [0.25, 0.3) is 68.0 Å². The molecule has 12 heterocycles. The van der Waals surface area contributed by atoms with Gasteiger partial charge >= 0.3 is 0 Å². The van der Waals surface area contributed by atoms with E-state index in [1.54, 1.807) is 50.3 Å². The van der Waals surface area contributed by atoms with Crippen molar-refractivity contribution in [2.45, 2.75) is 260 Å². The lowest BCUT2D eigenvalue weighted by Gasteiger charge is -2.16. The Kier molecular flexibility index (Phi) is 31.0. The molecule has 33 nitrogen and oxygen atoms in total. The number of aryl methyl sites for hydroxylation is 2. The molecule has 6 N–H and O–H groups in total. The molecule has 0 aliphatic rings. The number of H-pyrrole nitrogens is 6.